The van der Waals surface area contributed by atoms with Crippen LogP contribution in [0, 0.1) is 17.2 Å². The molecule has 0 aliphatic carbocycles. The molecule has 3 heteroatoms. The summed E-state index contributed by atoms with van der Waals surface area (Å²) in [7, 11) is 0. The van der Waals surface area contributed by atoms with Crippen LogP contribution >= 0.6 is 0 Å². The molecule has 1 fully saturated rings. The molecular formula is C18H17N3. The highest BCUT2D eigenvalue weighted by atomic mass is 15.0. The summed E-state index contributed by atoms with van der Waals surface area (Å²) in [5, 5.41) is 16.3. The van der Waals surface area contributed by atoms with Crippen molar-refractivity contribution >= 4 is 5.69 Å². The second kappa shape index (κ2) is 4.91. The molecule has 0 radical (unpaired) electrons. The van der Waals surface area contributed by atoms with Gasteiger partial charge in [-0.2, -0.15) is 5.26 Å². The van der Waals surface area contributed by atoms with Crippen LogP contribution in [0.1, 0.15) is 35.2 Å². The van der Waals surface area contributed by atoms with Crippen molar-refractivity contribution in [1.82, 2.24) is 5.32 Å². The number of nitrogens with zero attached hydrogens (tertiary/aromatic N) is 1. The smallest absolute Gasteiger partial charge is 0.0991 e. The van der Waals surface area contributed by atoms with Gasteiger partial charge in [-0.15, -0.1) is 0 Å². The molecule has 21 heavy (non-hydrogen) atoms. The molecule has 1 saturated heterocycles. The normalized spacial score (nSPS) is 26.3. The molecule has 2 N–H and O–H groups in total. The third-order valence-electron chi connectivity index (χ3n) is 4.70. The summed E-state index contributed by atoms with van der Waals surface area (Å²) in [5.41, 5.74) is 4.59. The van der Waals surface area contributed by atoms with E-state index in [-0.39, 0.29) is 0 Å². The van der Waals surface area contributed by atoms with E-state index in [1.807, 2.05) is 12.1 Å². The second-order valence-corrected chi connectivity index (χ2v) is 5.83. The molecule has 0 spiro atoms. The first-order chi connectivity index (χ1) is 10.4. The Hall–Kier alpha value is -2.31. The van der Waals surface area contributed by atoms with Crippen LogP contribution in [0.25, 0.3) is 0 Å². The molecule has 2 heterocycles. The Bertz CT molecular complexity index is 699. The van der Waals surface area contributed by atoms with E-state index >= 15 is 0 Å². The number of benzene rings is 2. The van der Waals surface area contributed by atoms with Gasteiger partial charge in [0.05, 0.1) is 17.7 Å². The van der Waals surface area contributed by atoms with Gasteiger partial charge >= 0.3 is 0 Å². The van der Waals surface area contributed by atoms with Gasteiger partial charge in [0.1, 0.15) is 0 Å². The zero-order valence-electron chi connectivity index (χ0n) is 11.7. The maximum Gasteiger partial charge on any atom is 0.0991 e. The Morgan fingerprint density at radius 1 is 1.00 bits per heavy atom. The molecule has 0 saturated carbocycles. The van der Waals surface area contributed by atoms with Gasteiger partial charge in [-0.05, 0) is 42.3 Å². The van der Waals surface area contributed by atoms with E-state index < -0.39 is 0 Å². The fourth-order valence-electron chi connectivity index (χ4n) is 3.69. The van der Waals surface area contributed by atoms with Crippen molar-refractivity contribution < 1.29 is 0 Å². The van der Waals surface area contributed by atoms with Crippen molar-refractivity contribution in [2.24, 2.45) is 5.92 Å². The Morgan fingerprint density at radius 2 is 1.81 bits per heavy atom. The highest BCUT2D eigenvalue weighted by Crippen LogP contribution is 2.46. The van der Waals surface area contributed by atoms with Gasteiger partial charge in [-0.25, -0.2) is 0 Å². The molecule has 3 atom stereocenters. The minimum atomic E-state index is 0.313. The van der Waals surface area contributed by atoms with Crippen LogP contribution in [0.5, 0.6) is 0 Å². The van der Waals surface area contributed by atoms with Crippen LogP contribution in [0.4, 0.5) is 5.69 Å². The first-order valence-corrected chi connectivity index (χ1v) is 7.46. The van der Waals surface area contributed by atoms with E-state index in [4.69, 9.17) is 5.26 Å². The Balaban J connectivity index is 1.74. The number of nitrogens with one attached hydrogen (secondary N) is 2. The van der Waals surface area contributed by atoms with Crippen molar-refractivity contribution in [1.29, 1.82) is 5.26 Å². The number of anilines is 1. The van der Waals surface area contributed by atoms with E-state index in [0.717, 1.165) is 12.1 Å². The average Bonchev–Trinajstić information content (AvgIpc) is 3.04. The van der Waals surface area contributed by atoms with E-state index in [9.17, 15) is 0 Å². The Labute approximate surface area is 124 Å². The Kier molecular flexibility index (Phi) is 2.90. The lowest BCUT2D eigenvalue weighted by atomic mass is 9.80. The molecule has 104 valence electrons. The first-order valence-electron chi connectivity index (χ1n) is 7.46. The van der Waals surface area contributed by atoms with Gasteiger partial charge in [0, 0.05) is 17.6 Å². The lowest BCUT2D eigenvalue weighted by molar-refractivity contribution is 0.391. The van der Waals surface area contributed by atoms with Crippen molar-refractivity contribution in [2.45, 2.75) is 18.5 Å². The van der Waals surface area contributed by atoms with E-state index in [1.165, 1.54) is 23.2 Å². The van der Waals surface area contributed by atoms with Crippen LogP contribution < -0.4 is 10.6 Å². The molecule has 2 aromatic rings. The average molecular weight is 275 g/mol. The summed E-state index contributed by atoms with van der Waals surface area (Å²) in [5.74, 6) is 0.563. The van der Waals surface area contributed by atoms with Crippen LogP contribution in [-0.4, -0.2) is 6.54 Å². The monoisotopic (exact) mass is 275 g/mol. The van der Waals surface area contributed by atoms with Gasteiger partial charge < -0.3 is 10.6 Å². The zero-order chi connectivity index (χ0) is 14.2. The number of nitriles is 1. The van der Waals surface area contributed by atoms with Gasteiger partial charge in [0.2, 0.25) is 0 Å². The summed E-state index contributed by atoms with van der Waals surface area (Å²) < 4.78 is 0. The molecule has 3 nitrogen and oxygen atoms in total. The molecule has 2 aliphatic heterocycles. The SMILES string of the molecule is N#Cc1ccc([C@H]2Nc3ccccc3[C@H]3NCC[C@@H]23)cc1. The predicted octanol–water partition coefficient (Wildman–Crippen LogP) is 3.38. The fraction of sp³-hybridized carbons (Fsp3) is 0.278. The van der Waals surface area contributed by atoms with Crippen LogP contribution in [0.15, 0.2) is 48.5 Å². The fourth-order valence-corrected chi connectivity index (χ4v) is 3.69. The van der Waals surface area contributed by atoms with E-state index in [0.29, 0.717) is 18.0 Å². The van der Waals surface area contributed by atoms with Crippen LogP contribution in [-0.2, 0) is 0 Å². The quantitative estimate of drug-likeness (QED) is 0.838. The number of hydrogen-bond donors (Lipinski definition) is 2. The first kappa shape index (κ1) is 12.4. The Morgan fingerprint density at radius 3 is 2.62 bits per heavy atom. The third-order valence-corrected chi connectivity index (χ3v) is 4.70. The number of para-hydroxylation sites is 1. The van der Waals surface area contributed by atoms with E-state index in [2.05, 4.69) is 53.1 Å². The summed E-state index contributed by atoms with van der Waals surface area (Å²) in [6.45, 7) is 1.07. The van der Waals surface area contributed by atoms with Gasteiger partial charge in [-0.3, -0.25) is 0 Å². The van der Waals surface area contributed by atoms with E-state index in [1.54, 1.807) is 0 Å². The molecule has 4 rings (SSSR count). The number of fused-ring (bicyclic) bond motifs is 3. The highest BCUT2D eigenvalue weighted by molar-refractivity contribution is 5.57. The maximum absolute atomic E-state index is 8.94. The topological polar surface area (TPSA) is 47.9 Å². The predicted molar refractivity (Wildman–Crippen MR) is 82.8 cm³/mol. The van der Waals surface area contributed by atoms with Crippen molar-refractivity contribution in [3.05, 3.63) is 65.2 Å². The lowest BCUT2D eigenvalue weighted by Crippen LogP contribution is -2.32. The summed E-state index contributed by atoms with van der Waals surface area (Å²) in [6.07, 6.45) is 1.18. The number of rotatable bonds is 1. The van der Waals surface area contributed by atoms with Gasteiger partial charge in [0.25, 0.3) is 0 Å². The lowest BCUT2D eigenvalue weighted by Gasteiger charge is -2.37. The standard InChI is InChI=1S/C18H17N3/c19-11-12-5-7-13(8-6-12)17-15-9-10-20-18(15)14-3-1-2-4-16(14)21-17/h1-8,15,17-18,20-21H,9-10H2/t15-,17+,18+/m0/s1. The maximum atomic E-state index is 8.94. The summed E-state index contributed by atoms with van der Waals surface area (Å²) in [4.78, 5) is 0. The van der Waals surface area contributed by atoms with Gasteiger partial charge in [-0.1, -0.05) is 30.3 Å². The van der Waals surface area contributed by atoms with Crippen molar-refractivity contribution in [3.63, 3.8) is 0 Å². The molecule has 0 unspecified atom stereocenters. The summed E-state index contributed by atoms with van der Waals surface area (Å²) >= 11 is 0. The van der Waals surface area contributed by atoms with Crippen molar-refractivity contribution in [2.75, 3.05) is 11.9 Å². The molecule has 2 aromatic carbocycles. The minimum Gasteiger partial charge on any atom is -0.378 e. The molecule has 0 aromatic heterocycles. The van der Waals surface area contributed by atoms with Crippen molar-refractivity contribution in [3.8, 4) is 6.07 Å². The summed E-state index contributed by atoms with van der Waals surface area (Å²) in [6, 6.07) is 19.5. The number of hydrogen-bond acceptors (Lipinski definition) is 3. The molecular weight excluding hydrogens is 258 g/mol. The molecule has 0 amide bonds. The highest BCUT2D eigenvalue weighted by Gasteiger charge is 2.39. The molecule has 0 bridgehead atoms. The second-order valence-electron chi connectivity index (χ2n) is 5.83. The van der Waals surface area contributed by atoms with Crippen LogP contribution in [0.3, 0.4) is 0 Å². The van der Waals surface area contributed by atoms with Crippen LogP contribution in [0.2, 0.25) is 0 Å². The molecule has 2 aliphatic rings. The third kappa shape index (κ3) is 2.00. The zero-order valence-corrected chi connectivity index (χ0v) is 11.7. The largest absolute Gasteiger partial charge is 0.378 e. The van der Waals surface area contributed by atoms with Gasteiger partial charge in [0.15, 0.2) is 0 Å². The minimum absolute atomic E-state index is 0.313.